The molecule has 1 aromatic heterocycles. The summed E-state index contributed by atoms with van der Waals surface area (Å²) >= 11 is 0. The van der Waals surface area contributed by atoms with E-state index in [9.17, 15) is 14.7 Å². The Kier molecular flexibility index (Phi) is 4.90. The number of amides is 1. The Bertz CT molecular complexity index is 747. The zero-order valence-corrected chi connectivity index (χ0v) is 13.3. The molecule has 2 heterocycles. The third-order valence-corrected chi connectivity index (χ3v) is 4.04. The Hall–Kier alpha value is -2.67. The van der Waals surface area contributed by atoms with Gasteiger partial charge in [0.1, 0.15) is 5.82 Å². The second-order valence-corrected chi connectivity index (χ2v) is 5.87. The van der Waals surface area contributed by atoms with Gasteiger partial charge >= 0.3 is 0 Å². The van der Waals surface area contributed by atoms with Gasteiger partial charge in [0, 0.05) is 32.2 Å². The van der Waals surface area contributed by atoms with E-state index in [1.54, 1.807) is 4.90 Å². The zero-order chi connectivity index (χ0) is 16.9. The molecule has 1 saturated heterocycles. The fourth-order valence-electron chi connectivity index (χ4n) is 2.84. The standard InChI is InChI=1S/C17H20N4O3/c22-14-10-20(15-9-16(23)19-12-18-15)6-7-21(11-14)17(24)8-13-4-2-1-3-5-13/h1-5,9,12,14,22H,6-8,10-11H2,(H,18,19,23). The van der Waals surface area contributed by atoms with Gasteiger partial charge in [0.2, 0.25) is 5.91 Å². The van der Waals surface area contributed by atoms with Crippen molar-refractivity contribution in [1.82, 2.24) is 14.9 Å². The van der Waals surface area contributed by atoms with E-state index in [1.165, 1.54) is 12.4 Å². The average molecular weight is 328 g/mol. The molecule has 126 valence electrons. The van der Waals surface area contributed by atoms with Gasteiger partial charge < -0.3 is 19.9 Å². The Labute approximate surface area is 139 Å². The van der Waals surface area contributed by atoms with Gasteiger partial charge in [-0.25, -0.2) is 4.98 Å². The van der Waals surface area contributed by atoms with Gasteiger partial charge in [-0.2, -0.15) is 0 Å². The molecule has 1 aliphatic rings. The molecule has 2 aromatic rings. The molecule has 1 unspecified atom stereocenters. The number of aliphatic hydroxyl groups excluding tert-OH is 1. The summed E-state index contributed by atoms with van der Waals surface area (Å²) in [6.45, 7) is 1.63. The maximum absolute atomic E-state index is 12.5. The number of rotatable bonds is 3. The van der Waals surface area contributed by atoms with E-state index in [1.807, 2.05) is 35.2 Å². The number of nitrogens with zero attached hydrogens (tertiary/aromatic N) is 3. The van der Waals surface area contributed by atoms with Crippen molar-refractivity contribution in [2.75, 3.05) is 31.1 Å². The molecule has 1 fully saturated rings. The minimum absolute atomic E-state index is 0.0130. The fraction of sp³-hybridized carbons (Fsp3) is 0.353. The molecule has 24 heavy (non-hydrogen) atoms. The van der Waals surface area contributed by atoms with Crippen molar-refractivity contribution in [1.29, 1.82) is 0 Å². The number of nitrogens with one attached hydrogen (secondary N) is 1. The number of benzene rings is 1. The summed E-state index contributed by atoms with van der Waals surface area (Å²) in [7, 11) is 0. The summed E-state index contributed by atoms with van der Waals surface area (Å²) < 4.78 is 0. The van der Waals surface area contributed by atoms with Crippen LogP contribution in [0.2, 0.25) is 0 Å². The summed E-state index contributed by atoms with van der Waals surface area (Å²) in [6, 6.07) is 10.9. The highest BCUT2D eigenvalue weighted by atomic mass is 16.3. The Morgan fingerprint density at radius 3 is 2.79 bits per heavy atom. The van der Waals surface area contributed by atoms with Gasteiger partial charge in [0.05, 0.1) is 18.9 Å². The molecule has 7 nitrogen and oxygen atoms in total. The van der Waals surface area contributed by atoms with E-state index in [0.717, 1.165) is 5.56 Å². The number of hydrogen-bond donors (Lipinski definition) is 2. The summed E-state index contributed by atoms with van der Waals surface area (Å²) in [5, 5.41) is 10.2. The molecule has 2 N–H and O–H groups in total. The predicted molar refractivity (Wildman–Crippen MR) is 89.8 cm³/mol. The van der Waals surface area contributed by atoms with Crippen LogP contribution in [0.15, 0.2) is 47.5 Å². The van der Waals surface area contributed by atoms with Crippen LogP contribution in [-0.4, -0.2) is 58.2 Å². The van der Waals surface area contributed by atoms with Gasteiger partial charge in [-0.1, -0.05) is 30.3 Å². The van der Waals surface area contributed by atoms with Crippen LogP contribution in [0.1, 0.15) is 5.56 Å². The minimum atomic E-state index is -0.687. The van der Waals surface area contributed by atoms with Crippen LogP contribution < -0.4 is 10.5 Å². The highest BCUT2D eigenvalue weighted by molar-refractivity contribution is 5.79. The van der Waals surface area contributed by atoms with E-state index in [0.29, 0.717) is 31.9 Å². The van der Waals surface area contributed by atoms with Crippen LogP contribution in [0.25, 0.3) is 0 Å². The molecular weight excluding hydrogens is 308 g/mol. The molecule has 0 spiro atoms. The largest absolute Gasteiger partial charge is 0.389 e. The number of aromatic amines is 1. The van der Waals surface area contributed by atoms with Crippen molar-refractivity contribution in [2.45, 2.75) is 12.5 Å². The molecule has 0 bridgehead atoms. The Morgan fingerprint density at radius 1 is 1.25 bits per heavy atom. The number of carbonyl (C=O) groups excluding carboxylic acids is 1. The Balaban J connectivity index is 1.68. The smallest absolute Gasteiger partial charge is 0.252 e. The van der Waals surface area contributed by atoms with Crippen molar-refractivity contribution in [3.05, 3.63) is 58.6 Å². The van der Waals surface area contributed by atoms with Crippen LogP contribution in [0.4, 0.5) is 5.82 Å². The molecule has 3 rings (SSSR count). The molecular formula is C17H20N4O3. The summed E-state index contributed by atoms with van der Waals surface area (Å²) in [4.78, 5) is 34.0. The summed E-state index contributed by atoms with van der Waals surface area (Å²) in [6.07, 6.45) is 0.970. The lowest BCUT2D eigenvalue weighted by molar-refractivity contribution is -0.131. The second kappa shape index (κ2) is 7.27. The zero-order valence-electron chi connectivity index (χ0n) is 13.3. The predicted octanol–water partition coefficient (Wildman–Crippen LogP) is 0.0221. The highest BCUT2D eigenvalue weighted by Gasteiger charge is 2.25. The van der Waals surface area contributed by atoms with Gasteiger partial charge in [-0.05, 0) is 5.56 Å². The molecule has 1 aliphatic heterocycles. The number of anilines is 1. The molecule has 1 atom stereocenters. The molecule has 0 aliphatic carbocycles. The first-order valence-corrected chi connectivity index (χ1v) is 7.91. The van der Waals surface area contributed by atoms with Gasteiger partial charge in [-0.3, -0.25) is 9.59 Å². The van der Waals surface area contributed by atoms with Crippen molar-refractivity contribution < 1.29 is 9.90 Å². The number of β-amino-alcohol motifs (C(OH)–C–C–N with tert-alkyl or cyclic N) is 1. The second-order valence-electron chi connectivity index (χ2n) is 5.87. The topological polar surface area (TPSA) is 89.5 Å². The first-order valence-electron chi connectivity index (χ1n) is 7.91. The lowest BCUT2D eigenvalue weighted by atomic mass is 10.1. The van der Waals surface area contributed by atoms with Gasteiger partial charge in [-0.15, -0.1) is 0 Å². The molecule has 0 saturated carbocycles. The van der Waals surface area contributed by atoms with Crippen LogP contribution >= 0.6 is 0 Å². The van der Waals surface area contributed by atoms with E-state index >= 15 is 0 Å². The number of hydrogen-bond acceptors (Lipinski definition) is 5. The molecule has 1 aromatic carbocycles. The SMILES string of the molecule is O=C(Cc1ccccc1)N1CCN(c2cc(=O)[nH]cn2)CC(O)C1. The first kappa shape index (κ1) is 16.2. The first-order chi connectivity index (χ1) is 11.6. The quantitative estimate of drug-likeness (QED) is 0.829. The molecule has 7 heteroatoms. The normalized spacial score (nSPS) is 18.3. The van der Waals surface area contributed by atoms with Crippen LogP contribution in [-0.2, 0) is 11.2 Å². The van der Waals surface area contributed by atoms with Crippen LogP contribution in [0.5, 0.6) is 0 Å². The van der Waals surface area contributed by atoms with Crippen molar-refractivity contribution in [2.24, 2.45) is 0 Å². The monoisotopic (exact) mass is 328 g/mol. The maximum Gasteiger partial charge on any atom is 0.252 e. The van der Waals surface area contributed by atoms with Crippen molar-refractivity contribution >= 4 is 11.7 Å². The maximum atomic E-state index is 12.5. The third kappa shape index (κ3) is 3.99. The highest BCUT2D eigenvalue weighted by Crippen LogP contribution is 2.13. The van der Waals surface area contributed by atoms with E-state index in [-0.39, 0.29) is 18.0 Å². The number of carbonyl (C=O) groups is 1. The van der Waals surface area contributed by atoms with Crippen LogP contribution in [0, 0.1) is 0 Å². The molecule has 1 amide bonds. The van der Waals surface area contributed by atoms with Gasteiger partial charge in [0.25, 0.3) is 5.56 Å². The van der Waals surface area contributed by atoms with Crippen molar-refractivity contribution in [3.63, 3.8) is 0 Å². The fourth-order valence-corrected chi connectivity index (χ4v) is 2.84. The van der Waals surface area contributed by atoms with E-state index < -0.39 is 6.10 Å². The van der Waals surface area contributed by atoms with Gasteiger partial charge in [0.15, 0.2) is 0 Å². The number of aliphatic hydroxyl groups is 1. The number of H-pyrrole nitrogens is 1. The summed E-state index contributed by atoms with van der Waals surface area (Å²) in [5.41, 5.74) is 0.713. The Morgan fingerprint density at radius 2 is 2.04 bits per heavy atom. The number of aromatic nitrogens is 2. The van der Waals surface area contributed by atoms with Crippen molar-refractivity contribution in [3.8, 4) is 0 Å². The average Bonchev–Trinajstić information content (AvgIpc) is 2.77. The molecule has 0 radical (unpaired) electrons. The van der Waals surface area contributed by atoms with Crippen LogP contribution in [0.3, 0.4) is 0 Å². The lowest BCUT2D eigenvalue weighted by Gasteiger charge is -2.22. The third-order valence-electron chi connectivity index (χ3n) is 4.04. The minimum Gasteiger partial charge on any atom is -0.389 e. The lowest BCUT2D eigenvalue weighted by Crippen LogP contribution is -2.38. The summed E-state index contributed by atoms with van der Waals surface area (Å²) in [5.74, 6) is 0.496. The van der Waals surface area contributed by atoms with E-state index in [4.69, 9.17) is 0 Å². The van der Waals surface area contributed by atoms with E-state index in [2.05, 4.69) is 9.97 Å².